The molecule has 3 aromatic heterocycles. The van der Waals surface area contributed by atoms with E-state index in [2.05, 4.69) is 32.4 Å². The maximum atomic E-state index is 13.0. The molecule has 9 heteroatoms. The molecule has 0 saturated carbocycles. The second kappa shape index (κ2) is 8.23. The number of halogens is 1. The molecule has 3 heterocycles. The average Bonchev–Trinajstić information content (AvgIpc) is 3.25. The van der Waals surface area contributed by atoms with Crippen LogP contribution in [0.1, 0.15) is 23.2 Å². The zero-order valence-corrected chi connectivity index (χ0v) is 19.3. The average molecular weight is 489 g/mol. The van der Waals surface area contributed by atoms with Gasteiger partial charge in [-0.3, -0.25) is 14.0 Å². The van der Waals surface area contributed by atoms with E-state index in [-0.39, 0.29) is 18.0 Å². The highest BCUT2D eigenvalue weighted by atomic mass is 79.9. The Labute approximate surface area is 185 Å². The number of methoxy groups -OCH3 is 1. The van der Waals surface area contributed by atoms with Crippen molar-refractivity contribution in [3.05, 3.63) is 61.4 Å². The number of aromatic nitrogens is 3. The van der Waals surface area contributed by atoms with Crippen LogP contribution in [0.3, 0.4) is 0 Å². The van der Waals surface area contributed by atoms with Gasteiger partial charge >= 0.3 is 0 Å². The maximum Gasteiger partial charge on any atom is 0.291 e. The molecule has 1 amide bonds. The largest absolute Gasteiger partial charge is 0.496 e. The predicted octanol–water partition coefficient (Wildman–Crippen LogP) is 3.67. The third-order valence-electron chi connectivity index (χ3n) is 4.89. The molecule has 0 aliphatic rings. The summed E-state index contributed by atoms with van der Waals surface area (Å²) in [7, 11) is 1.59. The van der Waals surface area contributed by atoms with Crippen molar-refractivity contribution in [1.29, 1.82) is 0 Å². The van der Waals surface area contributed by atoms with Crippen LogP contribution in [-0.2, 0) is 24.3 Å². The predicted molar refractivity (Wildman–Crippen MR) is 121 cm³/mol. The van der Waals surface area contributed by atoms with Crippen LogP contribution in [0.4, 0.5) is 0 Å². The van der Waals surface area contributed by atoms with Gasteiger partial charge in [0.1, 0.15) is 23.6 Å². The molecule has 1 N–H and O–H groups in total. The molecule has 0 fully saturated rings. The van der Waals surface area contributed by atoms with Gasteiger partial charge in [-0.25, -0.2) is 4.68 Å². The maximum absolute atomic E-state index is 13.0. The van der Waals surface area contributed by atoms with E-state index in [9.17, 15) is 9.59 Å². The summed E-state index contributed by atoms with van der Waals surface area (Å²) in [6, 6.07) is 9.55. The molecule has 4 aromatic rings. The van der Waals surface area contributed by atoms with Gasteiger partial charge in [-0.1, -0.05) is 22.9 Å². The standard InChI is InChI=1S/C21H21BrN4O3S/c1-4-19-24-25(21(28)16-9-18-15(26(16)19)7-12(2)30-18)11-20(27)23-10-13-8-14(22)5-6-17(13)29-3/h5-9H,4,10-11H2,1-3H3,(H,23,27). The summed E-state index contributed by atoms with van der Waals surface area (Å²) in [5.41, 5.74) is 2.10. The molecule has 0 bridgehead atoms. The number of carbonyl (C=O) groups excluding carboxylic acids is 1. The van der Waals surface area contributed by atoms with Crippen molar-refractivity contribution in [1.82, 2.24) is 19.5 Å². The first-order valence-electron chi connectivity index (χ1n) is 9.52. The van der Waals surface area contributed by atoms with Crippen LogP contribution in [0, 0.1) is 6.92 Å². The summed E-state index contributed by atoms with van der Waals surface area (Å²) >= 11 is 5.07. The van der Waals surface area contributed by atoms with Gasteiger partial charge in [0.15, 0.2) is 0 Å². The van der Waals surface area contributed by atoms with Crippen molar-refractivity contribution in [2.45, 2.75) is 33.4 Å². The first-order chi connectivity index (χ1) is 14.4. The van der Waals surface area contributed by atoms with E-state index in [1.165, 1.54) is 9.56 Å². The summed E-state index contributed by atoms with van der Waals surface area (Å²) < 4.78 is 10.4. The highest BCUT2D eigenvalue weighted by molar-refractivity contribution is 9.10. The highest BCUT2D eigenvalue weighted by Crippen LogP contribution is 2.28. The van der Waals surface area contributed by atoms with E-state index >= 15 is 0 Å². The Morgan fingerprint density at radius 3 is 2.80 bits per heavy atom. The van der Waals surface area contributed by atoms with Crippen LogP contribution in [0.2, 0.25) is 0 Å². The van der Waals surface area contributed by atoms with E-state index in [1.54, 1.807) is 18.4 Å². The fourth-order valence-electron chi connectivity index (χ4n) is 3.52. The molecule has 0 radical (unpaired) electrons. The van der Waals surface area contributed by atoms with Gasteiger partial charge in [0, 0.05) is 27.9 Å². The lowest BCUT2D eigenvalue weighted by molar-refractivity contribution is -0.122. The van der Waals surface area contributed by atoms with Crippen molar-refractivity contribution < 1.29 is 9.53 Å². The Kier molecular flexibility index (Phi) is 5.66. The quantitative estimate of drug-likeness (QED) is 0.449. The number of carbonyl (C=O) groups is 1. The minimum absolute atomic E-state index is 0.142. The molecule has 30 heavy (non-hydrogen) atoms. The second-order valence-electron chi connectivity index (χ2n) is 6.94. The SMILES string of the molecule is CCc1nn(CC(=O)NCc2cc(Br)ccc2OC)c(=O)c2cc3sc(C)cc3n12. The number of hydrogen-bond donors (Lipinski definition) is 1. The van der Waals surface area contributed by atoms with Crippen molar-refractivity contribution in [2.75, 3.05) is 7.11 Å². The Morgan fingerprint density at radius 1 is 1.27 bits per heavy atom. The van der Waals surface area contributed by atoms with Gasteiger partial charge in [0.25, 0.3) is 5.56 Å². The smallest absolute Gasteiger partial charge is 0.291 e. The van der Waals surface area contributed by atoms with E-state index in [1.807, 2.05) is 42.5 Å². The lowest BCUT2D eigenvalue weighted by atomic mass is 10.2. The van der Waals surface area contributed by atoms with Gasteiger partial charge in [-0.2, -0.15) is 5.10 Å². The molecule has 4 rings (SSSR count). The minimum atomic E-state index is -0.290. The van der Waals surface area contributed by atoms with Crippen LogP contribution in [0.5, 0.6) is 5.75 Å². The van der Waals surface area contributed by atoms with Crippen LogP contribution in [0.15, 0.2) is 39.6 Å². The topological polar surface area (TPSA) is 77.6 Å². The Bertz CT molecular complexity index is 1320. The van der Waals surface area contributed by atoms with Crippen molar-refractivity contribution in [2.24, 2.45) is 0 Å². The number of aryl methyl sites for hydroxylation is 2. The minimum Gasteiger partial charge on any atom is -0.496 e. The number of nitrogens with one attached hydrogen (secondary N) is 1. The molecular formula is C21H21BrN4O3S. The van der Waals surface area contributed by atoms with Crippen molar-refractivity contribution >= 4 is 48.9 Å². The van der Waals surface area contributed by atoms with E-state index in [0.29, 0.717) is 24.2 Å². The van der Waals surface area contributed by atoms with Crippen molar-refractivity contribution in [3.8, 4) is 5.75 Å². The molecule has 0 aliphatic carbocycles. The first kappa shape index (κ1) is 20.6. The molecule has 156 valence electrons. The molecule has 0 atom stereocenters. The summed E-state index contributed by atoms with van der Waals surface area (Å²) in [6.07, 6.45) is 0.645. The third-order valence-corrected chi connectivity index (χ3v) is 6.37. The lowest BCUT2D eigenvalue weighted by Gasteiger charge is -2.12. The summed E-state index contributed by atoms with van der Waals surface area (Å²) in [5.74, 6) is 1.15. The Hall–Kier alpha value is -2.65. The number of hydrogen-bond acceptors (Lipinski definition) is 5. The Balaban J connectivity index is 1.61. The summed E-state index contributed by atoms with van der Waals surface area (Å²) in [4.78, 5) is 26.7. The number of nitrogens with zero attached hydrogens (tertiary/aromatic N) is 3. The summed E-state index contributed by atoms with van der Waals surface area (Å²) in [5, 5.41) is 7.32. The molecular weight excluding hydrogens is 468 g/mol. The third kappa shape index (κ3) is 3.75. The molecule has 7 nitrogen and oxygen atoms in total. The monoisotopic (exact) mass is 488 g/mol. The van der Waals surface area contributed by atoms with Crippen LogP contribution >= 0.6 is 27.3 Å². The van der Waals surface area contributed by atoms with Crippen LogP contribution in [0.25, 0.3) is 15.7 Å². The molecule has 0 spiro atoms. The number of fused-ring (bicyclic) bond motifs is 3. The van der Waals surface area contributed by atoms with Gasteiger partial charge in [-0.15, -0.1) is 11.3 Å². The highest BCUT2D eigenvalue weighted by Gasteiger charge is 2.17. The number of rotatable bonds is 6. The Morgan fingerprint density at radius 2 is 2.07 bits per heavy atom. The van der Waals surface area contributed by atoms with Crippen LogP contribution in [-0.4, -0.2) is 27.2 Å². The molecule has 1 aromatic carbocycles. The molecule has 0 aliphatic heterocycles. The second-order valence-corrected chi connectivity index (χ2v) is 9.14. The zero-order valence-electron chi connectivity index (χ0n) is 16.9. The fraction of sp³-hybridized carbons (Fsp3) is 0.286. The number of thiophene rings is 1. The first-order valence-corrected chi connectivity index (χ1v) is 11.1. The zero-order chi connectivity index (χ0) is 21.4. The van der Waals surface area contributed by atoms with Crippen molar-refractivity contribution in [3.63, 3.8) is 0 Å². The van der Waals surface area contributed by atoms with E-state index in [4.69, 9.17) is 4.74 Å². The van der Waals surface area contributed by atoms with Crippen LogP contribution < -0.4 is 15.6 Å². The number of amides is 1. The summed E-state index contributed by atoms with van der Waals surface area (Å²) in [6.45, 7) is 4.18. The van der Waals surface area contributed by atoms with Gasteiger partial charge in [0.05, 0.1) is 17.3 Å². The number of benzene rings is 1. The molecule has 0 saturated heterocycles. The van der Waals surface area contributed by atoms with Gasteiger partial charge in [0.2, 0.25) is 5.91 Å². The van der Waals surface area contributed by atoms with E-state index < -0.39 is 0 Å². The lowest BCUT2D eigenvalue weighted by Crippen LogP contribution is -2.35. The number of ether oxygens (including phenoxy) is 1. The van der Waals surface area contributed by atoms with Gasteiger partial charge < -0.3 is 10.1 Å². The fourth-order valence-corrected chi connectivity index (χ4v) is 4.87. The normalized spacial score (nSPS) is 11.3. The van der Waals surface area contributed by atoms with Gasteiger partial charge in [-0.05, 0) is 37.3 Å². The molecule has 0 unspecified atom stereocenters. The van der Waals surface area contributed by atoms with E-state index in [0.717, 1.165) is 26.1 Å².